The molecule has 0 aliphatic heterocycles. The quantitative estimate of drug-likeness (QED) is 0.849. The van der Waals surface area contributed by atoms with Gasteiger partial charge in [0.05, 0.1) is 17.6 Å². The van der Waals surface area contributed by atoms with Crippen molar-refractivity contribution < 1.29 is 23.1 Å². The predicted molar refractivity (Wildman–Crippen MR) is 72.5 cm³/mol. The molecule has 0 heterocycles. The molecule has 3 nitrogen and oxygen atoms in total. The number of hydrogen-bond donors (Lipinski definition) is 2. The lowest BCUT2D eigenvalue weighted by Crippen LogP contribution is -2.30. The number of halogens is 3. The van der Waals surface area contributed by atoms with E-state index in [0.29, 0.717) is 17.3 Å². The normalized spacial score (nSPS) is 13.1. The number of amides is 1. The lowest BCUT2D eigenvalue weighted by molar-refractivity contribution is -0.119. The zero-order chi connectivity index (χ0) is 15.2. The maximum atomic E-state index is 11.9. The first-order valence-electron chi connectivity index (χ1n) is 5.94. The Morgan fingerprint density at radius 2 is 1.95 bits per heavy atom. The van der Waals surface area contributed by atoms with Crippen molar-refractivity contribution in [1.82, 2.24) is 5.32 Å². The molecule has 20 heavy (non-hydrogen) atoms. The van der Waals surface area contributed by atoms with E-state index in [1.807, 2.05) is 19.1 Å². The van der Waals surface area contributed by atoms with E-state index in [9.17, 15) is 23.1 Å². The van der Waals surface area contributed by atoms with Crippen molar-refractivity contribution in [3.05, 3.63) is 35.4 Å². The van der Waals surface area contributed by atoms with Crippen LogP contribution in [0.5, 0.6) is 0 Å². The highest BCUT2D eigenvalue weighted by atomic mass is 32.2. The van der Waals surface area contributed by atoms with Crippen molar-refractivity contribution in [1.29, 1.82) is 0 Å². The van der Waals surface area contributed by atoms with Gasteiger partial charge in [-0.2, -0.15) is 13.2 Å². The van der Waals surface area contributed by atoms with Gasteiger partial charge in [0.1, 0.15) is 0 Å². The number of aliphatic hydroxyl groups is 1. The molecule has 0 spiro atoms. The first-order chi connectivity index (χ1) is 9.28. The van der Waals surface area contributed by atoms with Crippen LogP contribution in [0, 0.1) is 6.92 Å². The number of rotatable bonds is 6. The highest BCUT2D eigenvalue weighted by Gasteiger charge is 2.27. The molecule has 2 N–H and O–H groups in total. The molecule has 0 saturated carbocycles. The number of alkyl halides is 3. The summed E-state index contributed by atoms with van der Waals surface area (Å²) in [6.45, 7) is 1.89. The van der Waals surface area contributed by atoms with Gasteiger partial charge in [-0.05, 0) is 12.5 Å². The van der Waals surface area contributed by atoms with E-state index >= 15 is 0 Å². The van der Waals surface area contributed by atoms with E-state index in [2.05, 4.69) is 5.32 Å². The molecular weight excluding hydrogens is 291 g/mol. The molecule has 0 aliphatic rings. The second-order valence-electron chi connectivity index (χ2n) is 4.34. The standard InChI is InChI=1S/C13H16F3NO2S/c1-9-2-4-10(5-3-9)11(18)6-17-12(19)7-20-8-13(14,15)16/h2-5,11,18H,6-8H2,1H3,(H,17,19). The zero-order valence-electron chi connectivity index (χ0n) is 10.9. The fourth-order valence-corrected chi connectivity index (χ4v) is 2.05. The van der Waals surface area contributed by atoms with E-state index in [0.717, 1.165) is 5.56 Å². The van der Waals surface area contributed by atoms with Gasteiger partial charge >= 0.3 is 6.18 Å². The Balaban J connectivity index is 2.28. The smallest absolute Gasteiger partial charge is 0.387 e. The van der Waals surface area contributed by atoms with Crippen LogP contribution < -0.4 is 5.32 Å². The summed E-state index contributed by atoms with van der Waals surface area (Å²) in [6, 6.07) is 7.15. The minimum atomic E-state index is -4.27. The number of hydrogen-bond acceptors (Lipinski definition) is 3. The molecule has 0 aromatic heterocycles. The van der Waals surface area contributed by atoms with Gasteiger partial charge < -0.3 is 10.4 Å². The van der Waals surface area contributed by atoms with Gasteiger partial charge in [0.2, 0.25) is 5.91 Å². The SMILES string of the molecule is Cc1ccc(C(O)CNC(=O)CSCC(F)(F)F)cc1. The van der Waals surface area contributed by atoms with Gasteiger partial charge in [-0.15, -0.1) is 11.8 Å². The molecule has 0 radical (unpaired) electrons. The Labute approximate surface area is 119 Å². The zero-order valence-corrected chi connectivity index (χ0v) is 11.7. The first kappa shape index (κ1) is 16.8. The van der Waals surface area contributed by atoms with Crippen LogP contribution >= 0.6 is 11.8 Å². The minimum absolute atomic E-state index is 0.0194. The van der Waals surface area contributed by atoms with Gasteiger partial charge in [-0.25, -0.2) is 0 Å². The molecule has 1 aromatic rings. The Kier molecular flexibility index (Phi) is 6.35. The summed E-state index contributed by atoms with van der Waals surface area (Å²) in [5.41, 5.74) is 1.70. The number of nitrogens with one attached hydrogen (secondary N) is 1. The summed E-state index contributed by atoms with van der Waals surface area (Å²) in [5.74, 6) is -1.86. The summed E-state index contributed by atoms with van der Waals surface area (Å²) >= 11 is 0.499. The van der Waals surface area contributed by atoms with Crippen LogP contribution in [-0.4, -0.2) is 35.2 Å². The third-order valence-corrected chi connectivity index (χ3v) is 3.45. The van der Waals surface area contributed by atoms with Gasteiger partial charge in [-0.3, -0.25) is 4.79 Å². The predicted octanol–water partition coefficient (Wildman–Crippen LogP) is 2.44. The molecule has 1 rings (SSSR count). The van der Waals surface area contributed by atoms with Crippen molar-refractivity contribution in [2.24, 2.45) is 0 Å². The summed E-state index contributed by atoms with van der Waals surface area (Å²) in [4.78, 5) is 11.3. The first-order valence-corrected chi connectivity index (χ1v) is 7.09. The summed E-state index contributed by atoms with van der Waals surface area (Å²) in [5, 5.41) is 12.2. The van der Waals surface area contributed by atoms with Crippen molar-refractivity contribution in [3.8, 4) is 0 Å². The molecule has 1 aromatic carbocycles. The van der Waals surface area contributed by atoms with E-state index < -0.39 is 23.9 Å². The summed E-state index contributed by atoms with van der Waals surface area (Å²) in [7, 11) is 0. The van der Waals surface area contributed by atoms with Crippen LogP contribution in [0.4, 0.5) is 13.2 Å². The molecule has 0 bridgehead atoms. The Morgan fingerprint density at radius 3 is 2.50 bits per heavy atom. The molecular formula is C13H16F3NO2S. The van der Waals surface area contributed by atoms with Crippen LogP contribution in [0.15, 0.2) is 24.3 Å². The van der Waals surface area contributed by atoms with Crippen LogP contribution in [0.3, 0.4) is 0 Å². The Morgan fingerprint density at radius 1 is 1.35 bits per heavy atom. The highest BCUT2D eigenvalue weighted by Crippen LogP contribution is 2.20. The largest absolute Gasteiger partial charge is 0.397 e. The second kappa shape index (κ2) is 7.54. The maximum absolute atomic E-state index is 11.9. The summed E-state index contributed by atoms with van der Waals surface area (Å²) < 4.78 is 35.6. The molecule has 1 amide bonds. The fraction of sp³-hybridized carbons (Fsp3) is 0.462. The topological polar surface area (TPSA) is 49.3 Å². The lowest BCUT2D eigenvalue weighted by atomic mass is 10.1. The van der Waals surface area contributed by atoms with Gasteiger partial charge in [-0.1, -0.05) is 29.8 Å². The molecule has 0 saturated heterocycles. The third kappa shape index (κ3) is 6.81. The van der Waals surface area contributed by atoms with Crippen LogP contribution in [0.2, 0.25) is 0 Å². The van der Waals surface area contributed by atoms with Gasteiger partial charge in [0.25, 0.3) is 0 Å². The molecule has 7 heteroatoms. The fourth-order valence-electron chi connectivity index (χ4n) is 1.43. The molecule has 0 aliphatic carbocycles. The van der Waals surface area contributed by atoms with E-state index in [4.69, 9.17) is 0 Å². The van der Waals surface area contributed by atoms with Gasteiger partial charge in [0.15, 0.2) is 0 Å². The lowest BCUT2D eigenvalue weighted by Gasteiger charge is -2.12. The average molecular weight is 307 g/mol. The highest BCUT2D eigenvalue weighted by molar-refractivity contribution is 8.00. The maximum Gasteiger partial charge on any atom is 0.397 e. The summed E-state index contributed by atoms with van der Waals surface area (Å²) in [6.07, 6.45) is -5.14. The van der Waals surface area contributed by atoms with Crippen molar-refractivity contribution in [3.63, 3.8) is 0 Å². The van der Waals surface area contributed by atoms with E-state index in [1.165, 1.54) is 0 Å². The Hall–Kier alpha value is -1.21. The number of carbonyl (C=O) groups excluding carboxylic acids is 1. The average Bonchev–Trinajstić information content (AvgIpc) is 2.35. The molecule has 1 unspecified atom stereocenters. The molecule has 1 atom stereocenters. The molecule has 112 valence electrons. The van der Waals surface area contributed by atoms with E-state index in [1.54, 1.807) is 12.1 Å². The monoisotopic (exact) mass is 307 g/mol. The number of aryl methyl sites for hydroxylation is 1. The number of carbonyl (C=O) groups is 1. The number of aliphatic hydroxyl groups excluding tert-OH is 1. The van der Waals surface area contributed by atoms with Gasteiger partial charge in [0, 0.05) is 6.54 Å². The van der Waals surface area contributed by atoms with Crippen molar-refractivity contribution in [2.75, 3.05) is 18.1 Å². The number of benzene rings is 1. The van der Waals surface area contributed by atoms with Crippen LogP contribution in [-0.2, 0) is 4.79 Å². The van der Waals surface area contributed by atoms with Crippen molar-refractivity contribution >= 4 is 17.7 Å². The molecule has 0 fully saturated rings. The van der Waals surface area contributed by atoms with Crippen LogP contribution in [0.1, 0.15) is 17.2 Å². The third-order valence-electron chi connectivity index (χ3n) is 2.45. The second-order valence-corrected chi connectivity index (χ2v) is 5.32. The Bertz CT molecular complexity index is 434. The van der Waals surface area contributed by atoms with Crippen molar-refractivity contribution in [2.45, 2.75) is 19.2 Å². The minimum Gasteiger partial charge on any atom is -0.387 e. The number of thioether (sulfide) groups is 1. The van der Waals surface area contributed by atoms with E-state index in [-0.39, 0.29) is 12.3 Å². The van der Waals surface area contributed by atoms with Crippen LogP contribution in [0.25, 0.3) is 0 Å².